The van der Waals surface area contributed by atoms with Crippen molar-refractivity contribution in [2.45, 2.75) is 24.1 Å². The van der Waals surface area contributed by atoms with Gasteiger partial charge in [0.2, 0.25) is 0 Å². The van der Waals surface area contributed by atoms with Crippen LogP contribution in [0.1, 0.15) is 10.4 Å². The van der Waals surface area contributed by atoms with Gasteiger partial charge in [0.1, 0.15) is 0 Å². The first kappa shape index (κ1) is 13.4. The van der Waals surface area contributed by atoms with Crippen molar-refractivity contribution in [1.29, 1.82) is 0 Å². The van der Waals surface area contributed by atoms with E-state index in [-0.39, 0.29) is 0 Å². The molecule has 2 rings (SSSR count). The van der Waals surface area contributed by atoms with Crippen LogP contribution < -0.4 is 5.32 Å². The highest BCUT2D eigenvalue weighted by atomic mass is 32.2. The van der Waals surface area contributed by atoms with Crippen LogP contribution in [0.4, 0.5) is 14.5 Å². The normalized spacial score (nSPS) is 10.9. The van der Waals surface area contributed by atoms with E-state index in [2.05, 4.69) is 11.4 Å². The molecule has 0 aliphatic rings. The van der Waals surface area contributed by atoms with E-state index in [0.29, 0.717) is 23.2 Å². The number of para-hydroxylation sites is 1. The molecule has 5 heteroatoms. The number of nitrogens with one attached hydrogen (secondary N) is 1. The van der Waals surface area contributed by atoms with Gasteiger partial charge in [-0.05, 0) is 36.1 Å². The predicted octanol–water partition coefficient (Wildman–Crippen LogP) is 4.98. The lowest BCUT2D eigenvalue weighted by molar-refractivity contribution is 0.252. The van der Waals surface area contributed by atoms with Crippen LogP contribution in [0.5, 0.6) is 0 Å². The van der Waals surface area contributed by atoms with Crippen molar-refractivity contribution in [2.24, 2.45) is 0 Å². The van der Waals surface area contributed by atoms with Gasteiger partial charge in [-0.2, -0.15) is 8.78 Å². The first-order valence-corrected chi connectivity index (χ1v) is 7.23. The van der Waals surface area contributed by atoms with E-state index in [9.17, 15) is 8.78 Å². The van der Waals surface area contributed by atoms with Crippen LogP contribution in [-0.2, 0) is 6.54 Å². The molecular weight excluding hydrogens is 272 g/mol. The van der Waals surface area contributed by atoms with Gasteiger partial charge in [-0.3, -0.25) is 0 Å². The fraction of sp³-hybridized carbons (Fsp3) is 0.231. The molecule has 0 radical (unpaired) electrons. The summed E-state index contributed by atoms with van der Waals surface area (Å²) >= 11 is 2.25. The number of aryl methyl sites for hydroxylation is 1. The van der Waals surface area contributed by atoms with Crippen molar-refractivity contribution < 1.29 is 8.78 Å². The second kappa shape index (κ2) is 6.20. The summed E-state index contributed by atoms with van der Waals surface area (Å²) in [7, 11) is 0. The molecule has 0 aliphatic heterocycles. The molecule has 0 saturated heterocycles. The number of hydrogen-bond acceptors (Lipinski definition) is 3. The van der Waals surface area contributed by atoms with Crippen LogP contribution in [0.15, 0.2) is 40.6 Å². The summed E-state index contributed by atoms with van der Waals surface area (Å²) in [6.07, 6.45) is 0. The van der Waals surface area contributed by atoms with E-state index < -0.39 is 5.76 Å². The summed E-state index contributed by atoms with van der Waals surface area (Å²) in [4.78, 5) is 1.81. The van der Waals surface area contributed by atoms with Crippen molar-refractivity contribution in [3.8, 4) is 0 Å². The van der Waals surface area contributed by atoms with Crippen LogP contribution in [-0.4, -0.2) is 5.76 Å². The van der Waals surface area contributed by atoms with Gasteiger partial charge >= 0.3 is 0 Å². The quantitative estimate of drug-likeness (QED) is 0.777. The van der Waals surface area contributed by atoms with Crippen LogP contribution in [0.2, 0.25) is 0 Å². The molecule has 0 unspecified atom stereocenters. The fourth-order valence-corrected chi connectivity index (χ4v) is 3.03. The summed E-state index contributed by atoms with van der Waals surface area (Å²) < 4.78 is 24.8. The van der Waals surface area contributed by atoms with E-state index in [1.54, 1.807) is 23.5 Å². The first-order valence-electron chi connectivity index (χ1n) is 5.47. The number of alkyl halides is 2. The number of benzene rings is 1. The minimum absolute atomic E-state index is 0.574. The maximum atomic E-state index is 12.4. The number of anilines is 1. The molecule has 18 heavy (non-hydrogen) atoms. The van der Waals surface area contributed by atoms with Gasteiger partial charge in [-0.15, -0.1) is 11.3 Å². The summed E-state index contributed by atoms with van der Waals surface area (Å²) in [5.41, 5.74) is 1.99. The number of halogens is 2. The zero-order valence-corrected chi connectivity index (χ0v) is 11.5. The Labute approximate surface area is 113 Å². The second-order valence-electron chi connectivity index (χ2n) is 3.76. The third-order valence-corrected chi connectivity index (χ3v) is 4.32. The second-order valence-corrected chi connectivity index (χ2v) is 5.79. The van der Waals surface area contributed by atoms with Crippen molar-refractivity contribution in [3.63, 3.8) is 0 Å². The average molecular weight is 285 g/mol. The van der Waals surface area contributed by atoms with Crippen LogP contribution >= 0.6 is 23.1 Å². The SMILES string of the molecule is Cc1ccsc1CNc1ccccc1SC(F)F. The zero-order chi connectivity index (χ0) is 13.0. The molecule has 96 valence electrons. The molecule has 0 fully saturated rings. The van der Waals surface area contributed by atoms with Gasteiger partial charge in [0, 0.05) is 22.0 Å². The Hall–Kier alpha value is -1.07. The topological polar surface area (TPSA) is 12.0 Å². The highest BCUT2D eigenvalue weighted by Gasteiger charge is 2.09. The Kier molecular flexibility index (Phi) is 4.60. The summed E-state index contributed by atoms with van der Waals surface area (Å²) in [6, 6.07) is 9.21. The molecule has 1 aromatic heterocycles. The van der Waals surface area contributed by atoms with Gasteiger partial charge in [0.15, 0.2) is 0 Å². The number of thiophene rings is 1. The summed E-state index contributed by atoms with van der Waals surface area (Å²) in [6.45, 7) is 2.72. The minimum Gasteiger partial charge on any atom is -0.379 e. The molecule has 1 heterocycles. The van der Waals surface area contributed by atoms with Crippen LogP contribution in [0, 0.1) is 6.92 Å². The fourth-order valence-electron chi connectivity index (χ4n) is 1.57. The summed E-state index contributed by atoms with van der Waals surface area (Å²) in [5, 5.41) is 5.25. The Morgan fingerprint density at radius 2 is 2.06 bits per heavy atom. The maximum Gasteiger partial charge on any atom is 0.288 e. The predicted molar refractivity (Wildman–Crippen MR) is 74.7 cm³/mol. The van der Waals surface area contributed by atoms with Crippen LogP contribution in [0.3, 0.4) is 0 Å². The monoisotopic (exact) mass is 285 g/mol. The molecule has 1 aromatic carbocycles. The van der Waals surface area contributed by atoms with Crippen LogP contribution in [0.25, 0.3) is 0 Å². The van der Waals surface area contributed by atoms with Gasteiger partial charge in [0.05, 0.1) is 0 Å². The van der Waals surface area contributed by atoms with Gasteiger partial charge in [-0.25, -0.2) is 0 Å². The lowest BCUT2D eigenvalue weighted by Crippen LogP contribution is -2.00. The van der Waals surface area contributed by atoms with E-state index in [0.717, 1.165) is 5.69 Å². The molecule has 0 amide bonds. The molecule has 1 nitrogen and oxygen atoms in total. The molecule has 0 spiro atoms. The maximum absolute atomic E-state index is 12.4. The van der Waals surface area contributed by atoms with Crippen molar-refractivity contribution in [3.05, 3.63) is 46.2 Å². The highest BCUT2D eigenvalue weighted by Crippen LogP contribution is 2.32. The standard InChI is InChI=1S/C13H13F2NS2/c1-9-6-7-17-12(9)8-16-10-4-2-3-5-11(10)18-13(14)15/h2-7,13,16H,8H2,1H3. The third-order valence-electron chi connectivity index (χ3n) is 2.51. The molecular formula is C13H13F2NS2. The largest absolute Gasteiger partial charge is 0.379 e. The van der Waals surface area contributed by atoms with E-state index in [1.807, 2.05) is 24.4 Å². The minimum atomic E-state index is -2.39. The molecule has 1 N–H and O–H groups in total. The van der Waals surface area contributed by atoms with E-state index in [1.165, 1.54) is 10.4 Å². The van der Waals surface area contributed by atoms with E-state index >= 15 is 0 Å². The Morgan fingerprint density at radius 3 is 2.72 bits per heavy atom. The average Bonchev–Trinajstić information content (AvgIpc) is 2.73. The van der Waals surface area contributed by atoms with Gasteiger partial charge in [-0.1, -0.05) is 23.9 Å². The van der Waals surface area contributed by atoms with Crippen molar-refractivity contribution in [2.75, 3.05) is 5.32 Å². The lowest BCUT2D eigenvalue weighted by atomic mass is 10.2. The molecule has 0 saturated carbocycles. The van der Waals surface area contributed by atoms with E-state index in [4.69, 9.17) is 0 Å². The highest BCUT2D eigenvalue weighted by molar-refractivity contribution is 7.99. The van der Waals surface area contributed by atoms with Crippen molar-refractivity contribution >= 4 is 28.8 Å². The molecule has 2 aromatic rings. The summed E-state index contributed by atoms with van der Waals surface area (Å²) in [5.74, 6) is -2.39. The first-order chi connectivity index (χ1) is 8.66. The number of rotatable bonds is 5. The molecule has 0 bridgehead atoms. The zero-order valence-electron chi connectivity index (χ0n) is 9.82. The Bertz CT molecular complexity index is 511. The molecule has 0 aliphatic carbocycles. The Morgan fingerprint density at radius 1 is 1.28 bits per heavy atom. The van der Waals surface area contributed by atoms with Gasteiger partial charge < -0.3 is 5.32 Å². The Balaban J connectivity index is 2.07. The lowest BCUT2D eigenvalue weighted by Gasteiger charge is -2.11. The van der Waals surface area contributed by atoms with Crippen molar-refractivity contribution in [1.82, 2.24) is 0 Å². The third kappa shape index (κ3) is 3.46. The molecule has 0 atom stereocenters. The number of thioether (sulfide) groups is 1. The smallest absolute Gasteiger partial charge is 0.288 e. The number of hydrogen-bond donors (Lipinski definition) is 1. The van der Waals surface area contributed by atoms with Gasteiger partial charge in [0.25, 0.3) is 5.76 Å².